The number of fused-ring (bicyclic) bond motifs is 2. The van der Waals surface area contributed by atoms with Gasteiger partial charge in [-0.2, -0.15) is 0 Å². The van der Waals surface area contributed by atoms with Crippen LogP contribution in [-0.2, 0) is 16.0 Å². The summed E-state index contributed by atoms with van der Waals surface area (Å²) in [5, 5.41) is 13.8. The van der Waals surface area contributed by atoms with E-state index in [-0.39, 0.29) is 18.4 Å². The average Bonchev–Trinajstić information content (AvgIpc) is 3.20. The average molecular weight is 468 g/mol. The molecule has 0 saturated carbocycles. The normalized spacial score (nSPS) is 12.2. The summed E-state index contributed by atoms with van der Waals surface area (Å²) in [6, 6.07) is 8.26. The minimum Gasteiger partial charge on any atom is -0.480 e. The van der Waals surface area contributed by atoms with Crippen LogP contribution >= 0.6 is 11.6 Å². The van der Waals surface area contributed by atoms with Crippen molar-refractivity contribution < 1.29 is 23.5 Å². The van der Waals surface area contributed by atoms with Crippen LogP contribution in [0.3, 0.4) is 0 Å². The van der Waals surface area contributed by atoms with E-state index in [4.69, 9.17) is 20.4 Å². The van der Waals surface area contributed by atoms with Gasteiger partial charge in [0.2, 0.25) is 5.91 Å². The quantitative estimate of drug-likeness (QED) is 0.386. The van der Waals surface area contributed by atoms with E-state index in [2.05, 4.69) is 5.32 Å². The summed E-state index contributed by atoms with van der Waals surface area (Å²) in [5.41, 5.74) is 3.62. The van der Waals surface area contributed by atoms with E-state index in [1.54, 1.807) is 32.2 Å². The van der Waals surface area contributed by atoms with E-state index in [1.807, 2.05) is 25.1 Å². The van der Waals surface area contributed by atoms with Gasteiger partial charge in [-0.1, -0.05) is 30.7 Å². The second kappa shape index (κ2) is 8.75. The van der Waals surface area contributed by atoms with Crippen molar-refractivity contribution >= 4 is 45.4 Å². The largest absolute Gasteiger partial charge is 0.480 e. The van der Waals surface area contributed by atoms with Crippen molar-refractivity contribution in [2.75, 3.05) is 0 Å². The molecule has 0 aliphatic rings. The minimum atomic E-state index is -1.12. The lowest BCUT2D eigenvalue weighted by Crippen LogP contribution is -2.41. The number of halogens is 1. The number of benzene rings is 2. The van der Waals surface area contributed by atoms with Gasteiger partial charge in [0.05, 0.1) is 18.2 Å². The molecule has 0 spiro atoms. The molecule has 4 rings (SSSR count). The highest BCUT2D eigenvalue weighted by Gasteiger charge is 2.22. The molecular weight excluding hydrogens is 446 g/mol. The van der Waals surface area contributed by atoms with Gasteiger partial charge in [-0.05, 0) is 49.6 Å². The Labute approximate surface area is 194 Å². The monoisotopic (exact) mass is 467 g/mol. The molecule has 170 valence electrons. The molecule has 0 aliphatic heterocycles. The fourth-order valence-electron chi connectivity index (χ4n) is 4.00. The summed E-state index contributed by atoms with van der Waals surface area (Å²) in [5.74, 6) is -1.68. The molecule has 2 N–H and O–H groups in total. The number of carbonyl (C=O) groups is 2. The van der Waals surface area contributed by atoms with Crippen LogP contribution in [-0.4, -0.2) is 23.0 Å². The van der Waals surface area contributed by atoms with Gasteiger partial charge in [0.15, 0.2) is 0 Å². The Morgan fingerprint density at radius 1 is 1.09 bits per heavy atom. The van der Waals surface area contributed by atoms with Gasteiger partial charge in [-0.15, -0.1) is 0 Å². The zero-order chi connectivity index (χ0) is 23.9. The van der Waals surface area contributed by atoms with E-state index in [0.717, 1.165) is 16.5 Å². The predicted octanol–water partition coefficient (Wildman–Crippen LogP) is 5.00. The van der Waals surface area contributed by atoms with Crippen molar-refractivity contribution in [3.63, 3.8) is 0 Å². The molecule has 0 saturated heterocycles. The second-order valence-electron chi connectivity index (χ2n) is 7.95. The van der Waals surface area contributed by atoms with Crippen LogP contribution in [0.5, 0.6) is 0 Å². The van der Waals surface area contributed by atoms with E-state index >= 15 is 0 Å². The van der Waals surface area contributed by atoms with Gasteiger partial charge in [-0.25, -0.2) is 9.59 Å². The molecule has 1 amide bonds. The first kappa shape index (κ1) is 22.6. The van der Waals surface area contributed by atoms with Crippen molar-refractivity contribution in [2.24, 2.45) is 0 Å². The summed E-state index contributed by atoms with van der Waals surface area (Å²) >= 11 is 6.02. The number of carboxylic acids is 1. The molecule has 2 heterocycles. The third-order valence-electron chi connectivity index (χ3n) is 5.88. The van der Waals surface area contributed by atoms with Crippen molar-refractivity contribution in [3.8, 4) is 11.1 Å². The van der Waals surface area contributed by atoms with Crippen molar-refractivity contribution in [2.45, 2.75) is 39.7 Å². The summed E-state index contributed by atoms with van der Waals surface area (Å²) in [6.45, 7) is 5.23. The molecule has 0 aliphatic carbocycles. The van der Waals surface area contributed by atoms with E-state index in [9.17, 15) is 19.5 Å². The lowest BCUT2D eigenvalue weighted by Gasteiger charge is -2.13. The Kier molecular flexibility index (Phi) is 5.99. The first-order chi connectivity index (χ1) is 15.7. The van der Waals surface area contributed by atoms with E-state index < -0.39 is 23.5 Å². The highest BCUT2D eigenvalue weighted by atomic mass is 35.5. The van der Waals surface area contributed by atoms with E-state index in [0.29, 0.717) is 32.7 Å². The SMILES string of the molecule is CCC(NC(=O)Cc1c(C)c2cc3c(-c4ccc(Cl)cc4)coc3c(C)c2oc1=O)C(=O)O. The number of aryl methyl sites for hydroxylation is 2. The molecule has 2 aromatic carbocycles. The number of carboxylic acid groups (broad SMARTS) is 1. The fourth-order valence-corrected chi connectivity index (χ4v) is 4.12. The molecular formula is C25H22ClNO6. The minimum absolute atomic E-state index is 0.190. The Morgan fingerprint density at radius 2 is 1.79 bits per heavy atom. The molecule has 0 fully saturated rings. The maximum absolute atomic E-state index is 12.7. The maximum atomic E-state index is 12.7. The Bertz CT molecular complexity index is 1450. The second-order valence-corrected chi connectivity index (χ2v) is 8.38. The number of nitrogens with one attached hydrogen (secondary N) is 1. The van der Waals surface area contributed by atoms with Gasteiger partial charge in [0.25, 0.3) is 0 Å². The molecule has 1 atom stereocenters. The summed E-state index contributed by atoms with van der Waals surface area (Å²) in [7, 11) is 0. The van der Waals surface area contributed by atoms with Crippen molar-refractivity contribution in [1.29, 1.82) is 0 Å². The Morgan fingerprint density at radius 3 is 2.42 bits per heavy atom. The van der Waals surface area contributed by atoms with Crippen LogP contribution in [0, 0.1) is 13.8 Å². The van der Waals surface area contributed by atoms with Gasteiger partial charge < -0.3 is 19.3 Å². The molecule has 4 aromatic rings. The van der Waals surface area contributed by atoms with Gasteiger partial charge in [0.1, 0.15) is 17.2 Å². The highest BCUT2D eigenvalue weighted by Crippen LogP contribution is 2.37. The molecule has 2 aromatic heterocycles. The Balaban J connectivity index is 1.83. The van der Waals surface area contributed by atoms with Crippen molar-refractivity contribution in [1.82, 2.24) is 5.32 Å². The topological polar surface area (TPSA) is 110 Å². The van der Waals surface area contributed by atoms with Gasteiger partial charge in [0, 0.05) is 26.9 Å². The zero-order valence-corrected chi connectivity index (χ0v) is 19.1. The van der Waals surface area contributed by atoms with Crippen LogP contribution in [0.4, 0.5) is 0 Å². The van der Waals surface area contributed by atoms with Crippen LogP contribution < -0.4 is 10.9 Å². The number of furan rings is 1. The highest BCUT2D eigenvalue weighted by molar-refractivity contribution is 6.30. The maximum Gasteiger partial charge on any atom is 0.340 e. The standard InChI is InChI=1S/C25H22ClNO6/c1-4-20(24(29)30)27-21(28)10-17-12(2)16-9-18-19(14-5-7-15(26)8-6-14)11-32-22(18)13(3)23(16)33-25(17)31/h5-9,11,20H,4,10H2,1-3H3,(H,27,28)(H,29,30). The zero-order valence-electron chi connectivity index (χ0n) is 18.3. The van der Waals surface area contributed by atoms with Gasteiger partial charge in [-0.3, -0.25) is 4.79 Å². The van der Waals surface area contributed by atoms with Crippen molar-refractivity contribution in [3.05, 3.63) is 68.7 Å². The lowest BCUT2D eigenvalue weighted by atomic mass is 9.97. The first-order valence-electron chi connectivity index (χ1n) is 10.5. The molecule has 1 unspecified atom stereocenters. The smallest absolute Gasteiger partial charge is 0.340 e. The third-order valence-corrected chi connectivity index (χ3v) is 6.13. The molecule has 33 heavy (non-hydrogen) atoms. The third kappa shape index (κ3) is 4.12. The fraction of sp³-hybridized carbons (Fsp3) is 0.240. The van der Waals surface area contributed by atoms with Crippen LogP contribution in [0.2, 0.25) is 5.02 Å². The molecule has 0 bridgehead atoms. The first-order valence-corrected chi connectivity index (χ1v) is 10.8. The lowest BCUT2D eigenvalue weighted by molar-refractivity contribution is -0.141. The predicted molar refractivity (Wildman–Crippen MR) is 126 cm³/mol. The van der Waals surface area contributed by atoms with Crippen LogP contribution in [0.25, 0.3) is 33.1 Å². The number of aliphatic carboxylic acids is 1. The molecule has 7 nitrogen and oxygen atoms in total. The number of rotatable bonds is 6. The van der Waals surface area contributed by atoms with Crippen LogP contribution in [0.1, 0.15) is 30.0 Å². The summed E-state index contributed by atoms with van der Waals surface area (Å²) in [4.78, 5) is 36.4. The van der Waals surface area contributed by atoms with Gasteiger partial charge >= 0.3 is 11.6 Å². The molecule has 8 heteroatoms. The van der Waals surface area contributed by atoms with E-state index in [1.165, 1.54) is 0 Å². The number of amides is 1. The Hall–Kier alpha value is -3.58. The summed E-state index contributed by atoms with van der Waals surface area (Å²) in [6.07, 6.45) is 1.61. The summed E-state index contributed by atoms with van der Waals surface area (Å²) < 4.78 is 11.4. The number of hydrogen-bond donors (Lipinski definition) is 2. The number of hydrogen-bond acceptors (Lipinski definition) is 5. The van der Waals surface area contributed by atoms with Crippen LogP contribution in [0.15, 0.2) is 50.2 Å². The molecule has 0 radical (unpaired) electrons. The number of carbonyl (C=O) groups excluding carboxylic acids is 1.